The van der Waals surface area contributed by atoms with E-state index in [4.69, 9.17) is 9.55 Å². The highest BCUT2D eigenvalue weighted by Crippen LogP contribution is 2.14. The van der Waals surface area contributed by atoms with Gasteiger partial charge in [0.2, 0.25) is 0 Å². The first-order valence-electron chi connectivity index (χ1n) is 7.45. The summed E-state index contributed by atoms with van der Waals surface area (Å²) in [5.74, 6) is 0. The smallest absolute Gasteiger partial charge is 0.264 e. The third-order valence-electron chi connectivity index (χ3n) is 3.30. The molecule has 0 aliphatic rings. The topological polar surface area (TPSA) is 105 Å². The van der Waals surface area contributed by atoms with Crippen LogP contribution < -0.4 is 0 Å². The van der Waals surface area contributed by atoms with Gasteiger partial charge in [-0.15, -0.1) is 0 Å². The molecular weight excluding hydrogens is 352 g/mol. The molecule has 3 aromatic rings. The lowest BCUT2D eigenvalue weighted by atomic mass is 10.1. The molecule has 2 aromatic heterocycles. The summed E-state index contributed by atoms with van der Waals surface area (Å²) in [5, 5.41) is 12.8. The standard InChI is InChI=1S/C18H12N4O3S/c19-13-14-9-11-21-17(12-14)18(16-8-4-5-10-20-16)22-25-26(23,24)15-6-2-1-3-7-15/h1-12H. The van der Waals surface area contributed by atoms with Crippen LogP contribution in [-0.4, -0.2) is 24.1 Å². The largest absolute Gasteiger partial charge is 0.358 e. The van der Waals surface area contributed by atoms with E-state index in [0.29, 0.717) is 11.3 Å². The van der Waals surface area contributed by atoms with Crippen molar-refractivity contribution in [1.29, 1.82) is 5.26 Å². The molecule has 1 aromatic carbocycles. The lowest BCUT2D eigenvalue weighted by Gasteiger charge is -2.06. The molecule has 0 aliphatic heterocycles. The van der Waals surface area contributed by atoms with Crippen molar-refractivity contribution in [3.63, 3.8) is 0 Å². The van der Waals surface area contributed by atoms with Gasteiger partial charge in [-0.2, -0.15) is 13.7 Å². The summed E-state index contributed by atoms with van der Waals surface area (Å²) < 4.78 is 29.5. The molecule has 3 rings (SSSR count). The van der Waals surface area contributed by atoms with Gasteiger partial charge in [0.25, 0.3) is 0 Å². The minimum atomic E-state index is -4.10. The fourth-order valence-corrected chi connectivity index (χ4v) is 2.82. The van der Waals surface area contributed by atoms with Crippen LogP contribution >= 0.6 is 0 Å². The number of benzene rings is 1. The molecule has 128 valence electrons. The number of nitrogens with zero attached hydrogens (tertiary/aromatic N) is 4. The van der Waals surface area contributed by atoms with Gasteiger partial charge in [0.05, 0.1) is 23.0 Å². The molecule has 8 heteroatoms. The molecule has 0 fully saturated rings. The SMILES string of the molecule is N#Cc1ccnc(C(=NOS(=O)(=O)c2ccccc2)c2ccccn2)c1. The van der Waals surface area contributed by atoms with E-state index in [1.807, 2.05) is 6.07 Å². The second-order valence-corrected chi connectivity index (χ2v) is 6.57. The zero-order chi connectivity index (χ0) is 18.4. The second-order valence-electron chi connectivity index (χ2n) is 5.04. The predicted molar refractivity (Wildman–Crippen MR) is 93.5 cm³/mol. The van der Waals surface area contributed by atoms with Crippen molar-refractivity contribution >= 4 is 15.8 Å². The molecule has 0 radical (unpaired) electrons. The van der Waals surface area contributed by atoms with Crippen molar-refractivity contribution in [3.8, 4) is 6.07 Å². The van der Waals surface area contributed by atoms with Crippen molar-refractivity contribution in [2.45, 2.75) is 4.90 Å². The van der Waals surface area contributed by atoms with E-state index in [1.165, 1.54) is 36.7 Å². The Hall–Kier alpha value is -3.57. The Balaban J connectivity index is 2.04. The highest BCUT2D eigenvalue weighted by molar-refractivity contribution is 7.86. The first-order chi connectivity index (χ1) is 12.6. The van der Waals surface area contributed by atoms with Gasteiger partial charge in [-0.25, -0.2) is 0 Å². The van der Waals surface area contributed by atoms with Crippen LogP contribution in [0.25, 0.3) is 0 Å². The number of aromatic nitrogens is 2. The van der Waals surface area contributed by atoms with Crippen LogP contribution in [0.5, 0.6) is 0 Å². The van der Waals surface area contributed by atoms with E-state index in [1.54, 1.807) is 36.4 Å². The number of hydrogen-bond acceptors (Lipinski definition) is 7. The van der Waals surface area contributed by atoms with E-state index in [0.717, 1.165) is 0 Å². The number of pyridine rings is 2. The third kappa shape index (κ3) is 3.91. The summed E-state index contributed by atoms with van der Waals surface area (Å²) in [7, 11) is -4.10. The molecule has 0 amide bonds. The average molecular weight is 364 g/mol. The van der Waals surface area contributed by atoms with Crippen LogP contribution in [0, 0.1) is 11.3 Å². The zero-order valence-electron chi connectivity index (χ0n) is 13.4. The Kier molecular flexibility index (Phi) is 5.01. The first-order valence-corrected chi connectivity index (χ1v) is 8.85. The summed E-state index contributed by atoms with van der Waals surface area (Å²) in [4.78, 5) is 8.27. The summed E-state index contributed by atoms with van der Waals surface area (Å²) in [6.07, 6.45) is 2.96. The van der Waals surface area contributed by atoms with E-state index in [-0.39, 0.29) is 16.3 Å². The summed E-state index contributed by atoms with van der Waals surface area (Å²) in [6.45, 7) is 0. The van der Waals surface area contributed by atoms with Crippen molar-refractivity contribution in [3.05, 3.63) is 90.0 Å². The molecule has 26 heavy (non-hydrogen) atoms. The van der Waals surface area contributed by atoms with Gasteiger partial charge < -0.3 is 0 Å². The van der Waals surface area contributed by atoms with E-state index in [2.05, 4.69) is 15.1 Å². The molecule has 0 atom stereocenters. The average Bonchev–Trinajstić information content (AvgIpc) is 2.70. The van der Waals surface area contributed by atoms with Crippen LogP contribution in [-0.2, 0) is 14.4 Å². The molecular formula is C18H12N4O3S. The summed E-state index contributed by atoms with van der Waals surface area (Å²) in [6, 6.07) is 17.7. The van der Waals surface area contributed by atoms with Gasteiger partial charge in [0.15, 0.2) is 5.71 Å². The van der Waals surface area contributed by atoms with E-state index in [9.17, 15) is 8.42 Å². The van der Waals surface area contributed by atoms with Gasteiger partial charge in [0.1, 0.15) is 4.90 Å². The molecule has 2 heterocycles. The fraction of sp³-hybridized carbons (Fsp3) is 0. The lowest BCUT2D eigenvalue weighted by Crippen LogP contribution is -2.11. The summed E-state index contributed by atoms with van der Waals surface area (Å²) >= 11 is 0. The normalized spacial score (nSPS) is 11.6. The zero-order valence-corrected chi connectivity index (χ0v) is 14.2. The van der Waals surface area contributed by atoms with Crippen molar-refractivity contribution < 1.29 is 12.7 Å². The Bertz CT molecular complexity index is 1080. The van der Waals surface area contributed by atoms with Gasteiger partial charge in [-0.1, -0.05) is 29.4 Å². The van der Waals surface area contributed by atoms with Crippen LogP contribution in [0.4, 0.5) is 0 Å². The monoisotopic (exact) mass is 364 g/mol. The maximum Gasteiger partial charge on any atom is 0.358 e. The predicted octanol–water partition coefficient (Wildman–Crippen LogP) is 2.51. The van der Waals surface area contributed by atoms with Crippen molar-refractivity contribution in [2.24, 2.45) is 5.16 Å². The number of nitriles is 1. The van der Waals surface area contributed by atoms with E-state index >= 15 is 0 Å². The lowest BCUT2D eigenvalue weighted by molar-refractivity contribution is 0.339. The van der Waals surface area contributed by atoms with Crippen molar-refractivity contribution in [2.75, 3.05) is 0 Å². The Labute approximate surface area is 150 Å². The van der Waals surface area contributed by atoms with Gasteiger partial charge in [0, 0.05) is 12.4 Å². The maximum atomic E-state index is 12.3. The molecule has 0 saturated carbocycles. The van der Waals surface area contributed by atoms with Crippen LogP contribution in [0.2, 0.25) is 0 Å². The van der Waals surface area contributed by atoms with Crippen LogP contribution in [0.1, 0.15) is 17.0 Å². The molecule has 7 nitrogen and oxygen atoms in total. The Morgan fingerprint density at radius 3 is 2.38 bits per heavy atom. The number of hydrogen-bond donors (Lipinski definition) is 0. The highest BCUT2D eigenvalue weighted by atomic mass is 32.2. The molecule has 0 spiro atoms. The second kappa shape index (κ2) is 7.55. The molecule has 0 saturated heterocycles. The van der Waals surface area contributed by atoms with Gasteiger partial charge >= 0.3 is 10.1 Å². The Morgan fingerprint density at radius 2 is 1.69 bits per heavy atom. The number of oxime groups is 1. The fourth-order valence-electron chi connectivity index (χ4n) is 2.07. The van der Waals surface area contributed by atoms with Gasteiger partial charge in [-0.05, 0) is 36.4 Å². The molecule has 0 bridgehead atoms. The molecule has 0 aliphatic carbocycles. The Morgan fingerprint density at radius 1 is 0.962 bits per heavy atom. The van der Waals surface area contributed by atoms with Crippen LogP contribution in [0.3, 0.4) is 0 Å². The van der Waals surface area contributed by atoms with E-state index < -0.39 is 10.1 Å². The first kappa shape index (κ1) is 17.3. The third-order valence-corrected chi connectivity index (χ3v) is 4.42. The maximum absolute atomic E-state index is 12.3. The number of rotatable bonds is 5. The summed E-state index contributed by atoms with van der Waals surface area (Å²) in [5.41, 5.74) is 1.08. The van der Waals surface area contributed by atoms with Crippen molar-refractivity contribution in [1.82, 2.24) is 9.97 Å². The highest BCUT2D eigenvalue weighted by Gasteiger charge is 2.18. The minimum Gasteiger partial charge on any atom is -0.264 e. The molecule has 0 N–H and O–H groups in total. The molecule has 0 unspecified atom stereocenters. The minimum absolute atomic E-state index is 0.0251. The quantitative estimate of drug-likeness (QED) is 0.509. The van der Waals surface area contributed by atoms with Gasteiger partial charge in [-0.3, -0.25) is 14.3 Å². The van der Waals surface area contributed by atoms with Crippen LogP contribution in [0.15, 0.2) is 83.1 Å².